The zero-order valence-corrected chi connectivity index (χ0v) is 13.9. The molecule has 0 aromatic rings. The Labute approximate surface area is 129 Å². The van der Waals surface area contributed by atoms with Crippen LogP contribution in [0.25, 0.3) is 0 Å². The predicted octanol–water partition coefficient (Wildman–Crippen LogP) is 3.91. The van der Waals surface area contributed by atoms with Gasteiger partial charge in [-0.05, 0) is 31.6 Å². The molecule has 2 heterocycles. The van der Waals surface area contributed by atoms with E-state index in [2.05, 4.69) is 40.9 Å². The first-order valence-corrected chi connectivity index (χ1v) is 7.90. The molecule has 21 heavy (non-hydrogen) atoms. The van der Waals surface area contributed by atoms with Gasteiger partial charge < -0.3 is 9.64 Å². The van der Waals surface area contributed by atoms with Gasteiger partial charge in [-0.25, -0.2) is 0 Å². The van der Waals surface area contributed by atoms with Crippen LogP contribution in [0.2, 0.25) is 0 Å². The van der Waals surface area contributed by atoms with Crippen molar-refractivity contribution in [1.29, 1.82) is 0 Å². The molecule has 2 rings (SSSR count). The fraction of sp³-hybridized carbons (Fsp3) is 0.722. The smallest absolute Gasteiger partial charge is 0.231 e. The van der Waals surface area contributed by atoms with Gasteiger partial charge >= 0.3 is 0 Å². The van der Waals surface area contributed by atoms with Crippen LogP contribution in [0.4, 0.5) is 0 Å². The van der Waals surface area contributed by atoms with Gasteiger partial charge in [-0.15, -0.1) is 13.2 Å². The third kappa shape index (κ3) is 2.57. The number of allylic oxidation sites excluding steroid dienone is 2. The highest BCUT2D eigenvalue weighted by molar-refractivity contribution is 5.87. The maximum absolute atomic E-state index is 13.2. The van der Waals surface area contributed by atoms with E-state index in [1.807, 2.05) is 17.1 Å². The summed E-state index contributed by atoms with van der Waals surface area (Å²) in [4.78, 5) is 15.3. The average Bonchev–Trinajstić information content (AvgIpc) is 2.81. The zero-order valence-electron chi connectivity index (χ0n) is 13.9. The van der Waals surface area contributed by atoms with Crippen molar-refractivity contribution in [3.8, 4) is 0 Å². The molecule has 3 nitrogen and oxygen atoms in total. The van der Waals surface area contributed by atoms with E-state index >= 15 is 0 Å². The van der Waals surface area contributed by atoms with Crippen LogP contribution in [0.3, 0.4) is 0 Å². The van der Waals surface area contributed by atoms with Crippen molar-refractivity contribution in [2.24, 2.45) is 10.8 Å². The molecule has 2 aliphatic rings. The number of amides is 1. The molecule has 0 bridgehead atoms. The molecule has 0 spiro atoms. The number of nitrogens with zero attached hydrogens (tertiary/aromatic N) is 1. The number of rotatable bonds is 5. The summed E-state index contributed by atoms with van der Waals surface area (Å²) in [6.07, 6.45) is 6.92. The predicted molar refractivity (Wildman–Crippen MR) is 85.7 cm³/mol. The lowest BCUT2D eigenvalue weighted by atomic mass is 9.76. The Morgan fingerprint density at radius 2 is 2.05 bits per heavy atom. The second-order valence-corrected chi connectivity index (χ2v) is 7.82. The molecule has 2 aliphatic heterocycles. The van der Waals surface area contributed by atoms with E-state index in [9.17, 15) is 4.79 Å². The van der Waals surface area contributed by atoms with Crippen LogP contribution in [0, 0.1) is 10.8 Å². The zero-order chi connectivity index (χ0) is 15.9. The van der Waals surface area contributed by atoms with E-state index in [0.717, 1.165) is 19.3 Å². The summed E-state index contributed by atoms with van der Waals surface area (Å²) in [5.74, 6) is 0.240. The van der Waals surface area contributed by atoms with E-state index < -0.39 is 5.72 Å². The molecular weight excluding hydrogens is 262 g/mol. The third-order valence-electron chi connectivity index (χ3n) is 5.07. The molecule has 0 radical (unpaired) electrons. The van der Waals surface area contributed by atoms with Gasteiger partial charge in [0.25, 0.3) is 0 Å². The molecule has 118 valence electrons. The monoisotopic (exact) mass is 291 g/mol. The molecule has 1 amide bonds. The van der Waals surface area contributed by atoms with Gasteiger partial charge in [-0.2, -0.15) is 0 Å². The van der Waals surface area contributed by atoms with Crippen LogP contribution in [0.5, 0.6) is 0 Å². The van der Waals surface area contributed by atoms with E-state index in [4.69, 9.17) is 4.74 Å². The summed E-state index contributed by atoms with van der Waals surface area (Å²) in [7, 11) is 0. The standard InChI is InChI=1S/C18H29NO2/c1-7-9-11-18(10-8-2)13-17(6)19(15(18)20)14(12-21-17)16(3,4)5/h7-8,14H,1-2,9-13H2,3-6H3/t14-,17-,18-/m1/s1. The van der Waals surface area contributed by atoms with Crippen LogP contribution in [0.1, 0.15) is 53.4 Å². The average molecular weight is 291 g/mol. The highest BCUT2D eigenvalue weighted by Gasteiger charge is 2.63. The van der Waals surface area contributed by atoms with Crippen molar-refractivity contribution >= 4 is 5.91 Å². The number of carbonyl (C=O) groups excluding carboxylic acids is 1. The lowest BCUT2D eigenvalue weighted by Crippen LogP contribution is -2.49. The van der Waals surface area contributed by atoms with Gasteiger partial charge in [-0.3, -0.25) is 4.79 Å². The fourth-order valence-electron chi connectivity index (χ4n) is 3.93. The molecule has 0 saturated carbocycles. The first-order valence-electron chi connectivity index (χ1n) is 7.90. The lowest BCUT2D eigenvalue weighted by Gasteiger charge is -2.36. The molecular formula is C18H29NO2. The van der Waals surface area contributed by atoms with Crippen LogP contribution >= 0.6 is 0 Å². The summed E-state index contributed by atoms with van der Waals surface area (Å²) >= 11 is 0. The summed E-state index contributed by atoms with van der Waals surface area (Å²) < 4.78 is 6.10. The van der Waals surface area contributed by atoms with Crippen LogP contribution in [-0.4, -0.2) is 29.2 Å². The van der Waals surface area contributed by atoms with Gasteiger partial charge in [0.2, 0.25) is 5.91 Å². The Morgan fingerprint density at radius 3 is 2.57 bits per heavy atom. The molecule has 2 saturated heterocycles. The minimum atomic E-state index is -0.459. The molecule has 0 aromatic heterocycles. The van der Waals surface area contributed by atoms with Gasteiger partial charge in [0.15, 0.2) is 0 Å². The Kier molecular flexibility index (Phi) is 4.09. The van der Waals surface area contributed by atoms with Gasteiger partial charge in [0.05, 0.1) is 18.1 Å². The second kappa shape index (κ2) is 5.28. The van der Waals surface area contributed by atoms with Gasteiger partial charge in [-0.1, -0.05) is 32.9 Å². The SMILES string of the molecule is C=CCC[C@]1(CC=C)C[C@@]2(C)OC[C@H](C(C)(C)C)N2C1=O. The summed E-state index contributed by atoms with van der Waals surface area (Å²) in [5.41, 5.74) is -0.802. The van der Waals surface area contributed by atoms with Crippen molar-refractivity contribution in [1.82, 2.24) is 4.90 Å². The van der Waals surface area contributed by atoms with Crippen molar-refractivity contribution in [2.45, 2.75) is 65.1 Å². The quantitative estimate of drug-likeness (QED) is 0.719. The van der Waals surface area contributed by atoms with E-state index in [-0.39, 0.29) is 22.8 Å². The second-order valence-electron chi connectivity index (χ2n) is 7.82. The Balaban J connectivity index is 2.36. The van der Waals surface area contributed by atoms with Crippen LogP contribution in [0.15, 0.2) is 25.3 Å². The fourth-order valence-corrected chi connectivity index (χ4v) is 3.93. The number of carbonyl (C=O) groups is 1. The van der Waals surface area contributed by atoms with Crippen molar-refractivity contribution in [3.63, 3.8) is 0 Å². The number of hydrogen-bond acceptors (Lipinski definition) is 2. The molecule has 3 heteroatoms. The lowest BCUT2D eigenvalue weighted by molar-refractivity contribution is -0.143. The summed E-state index contributed by atoms with van der Waals surface area (Å²) in [6, 6.07) is 0.144. The minimum Gasteiger partial charge on any atom is -0.354 e. The molecule has 0 N–H and O–H groups in total. The van der Waals surface area contributed by atoms with Crippen LogP contribution in [-0.2, 0) is 9.53 Å². The molecule has 0 unspecified atom stereocenters. The highest BCUT2D eigenvalue weighted by Crippen LogP contribution is 2.54. The maximum atomic E-state index is 13.2. The molecule has 3 atom stereocenters. The Hall–Kier alpha value is -1.09. The topological polar surface area (TPSA) is 29.5 Å². The molecule has 2 fully saturated rings. The number of ether oxygens (including phenoxy) is 1. The minimum absolute atomic E-state index is 0.0239. The Morgan fingerprint density at radius 1 is 1.38 bits per heavy atom. The number of hydrogen-bond donors (Lipinski definition) is 0. The summed E-state index contributed by atoms with van der Waals surface area (Å²) in [6.45, 7) is 16.9. The van der Waals surface area contributed by atoms with Gasteiger partial charge in [0, 0.05) is 6.42 Å². The van der Waals surface area contributed by atoms with Crippen molar-refractivity contribution < 1.29 is 9.53 Å². The Bertz CT molecular complexity index is 451. The van der Waals surface area contributed by atoms with E-state index in [0.29, 0.717) is 13.0 Å². The molecule has 0 aliphatic carbocycles. The highest BCUT2D eigenvalue weighted by atomic mass is 16.5. The largest absolute Gasteiger partial charge is 0.354 e. The number of fused-ring (bicyclic) bond motifs is 1. The maximum Gasteiger partial charge on any atom is 0.231 e. The van der Waals surface area contributed by atoms with Crippen molar-refractivity contribution in [3.05, 3.63) is 25.3 Å². The van der Waals surface area contributed by atoms with E-state index in [1.54, 1.807) is 0 Å². The molecule has 0 aromatic carbocycles. The first kappa shape index (κ1) is 16.3. The van der Waals surface area contributed by atoms with Crippen molar-refractivity contribution in [2.75, 3.05) is 6.61 Å². The van der Waals surface area contributed by atoms with Crippen LogP contribution < -0.4 is 0 Å². The normalized spacial score (nSPS) is 35.9. The third-order valence-corrected chi connectivity index (χ3v) is 5.07. The summed E-state index contributed by atoms with van der Waals surface area (Å²) in [5, 5.41) is 0. The van der Waals surface area contributed by atoms with Gasteiger partial charge in [0.1, 0.15) is 5.72 Å². The van der Waals surface area contributed by atoms with E-state index in [1.165, 1.54) is 0 Å². The first-order chi connectivity index (χ1) is 9.70.